The molecule has 1 unspecified atom stereocenters. The second-order valence-corrected chi connectivity index (χ2v) is 13.4. The third-order valence-electron chi connectivity index (χ3n) is 9.30. The van der Waals surface area contributed by atoms with Gasteiger partial charge in [0.2, 0.25) is 5.91 Å². The molecule has 3 atom stereocenters. The zero-order valence-electron chi connectivity index (χ0n) is 25.6. The van der Waals surface area contributed by atoms with Crippen molar-refractivity contribution in [2.45, 2.75) is 89.3 Å². The van der Waals surface area contributed by atoms with Gasteiger partial charge >= 0.3 is 12.1 Å². The molecule has 2 aromatic rings. The smallest absolute Gasteiger partial charge is 0.410 e. The molecule has 1 aromatic carbocycles. The Labute approximate surface area is 248 Å². The molecular formula is C32H44N6O4. The molecule has 3 aliphatic heterocycles. The van der Waals surface area contributed by atoms with Gasteiger partial charge in [-0.1, -0.05) is 24.3 Å². The normalized spacial score (nSPS) is 26.1. The van der Waals surface area contributed by atoms with Crippen molar-refractivity contribution >= 4 is 23.5 Å². The predicted octanol–water partition coefficient (Wildman–Crippen LogP) is 4.16. The summed E-state index contributed by atoms with van der Waals surface area (Å²) in [5.41, 5.74) is 2.61. The molecular weight excluding hydrogens is 532 g/mol. The van der Waals surface area contributed by atoms with Gasteiger partial charge in [-0.15, -0.1) is 0 Å². The number of amides is 2. The Morgan fingerprint density at radius 3 is 2.69 bits per heavy atom. The number of nitrogens with one attached hydrogen (secondary N) is 1. The fraction of sp³-hybridized carbons (Fsp3) is 0.625. The summed E-state index contributed by atoms with van der Waals surface area (Å²) < 4.78 is 11.9. The first-order valence-electron chi connectivity index (χ1n) is 15.4. The van der Waals surface area contributed by atoms with Crippen LogP contribution in [-0.4, -0.2) is 89.3 Å². The number of piperazine rings is 1. The Hall–Kier alpha value is -3.40. The SMILES string of the molecule is C[C@H]1CN(C(=O)OC(C)(C)C)CCN1c1nc(OC[C@@H]2CCCN2C)nc2c1NC(=O)C1(CCCc3ccccc31)C2. The molecule has 1 aromatic heterocycles. The number of carbonyl (C=O) groups is 2. The summed E-state index contributed by atoms with van der Waals surface area (Å²) in [6.07, 6.45) is 5.17. The minimum absolute atomic E-state index is 0.00768. The maximum atomic E-state index is 14.0. The molecule has 1 N–H and O–H groups in total. The molecule has 226 valence electrons. The third-order valence-corrected chi connectivity index (χ3v) is 9.30. The fourth-order valence-corrected chi connectivity index (χ4v) is 7.06. The number of nitrogens with zero attached hydrogens (tertiary/aromatic N) is 5. The number of anilines is 2. The maximum absolute atomic E-state index is 14.0. The molecule has 2 amide bonds. The number of aromatic nitrogens is 2. The van der Waals surface area contributed by atoms with Crippen LogP contribution in [0, 0.1) is 0 Å². The van der Waals surface area contributed by atoms with Gasteiger partial charge in [-0.25, -0.2) is 4.79 Å². The Morgan fingerprint density at radius 2 is 1.95 bits per heavy atom. The van der Waals surface area contributed by atoms with Crippen molar-refractivity contribution in [1.82, 2.24) is 19.8 Å². The summed E-state index contributed by atoms with van der Waals surface area (Å²) in [6.45, 7) is 10.8. The number of hydrogen-bond acceptors (Lipinski definition) is 8. The maximum Gasteiger partial charge on any atom is 0.410 e. The predicted molar refractivity (Wildman–Crippen MR) is 161 cm³/mol. The van der Waals surface area contributed by atoms with Gasteiger partial charge in [0.05, 0.1) is 11.1 Å². The van der Waals surface area contributed by atoms with Gasteiger partial charge < -0.3 is 29.5 Å². The number of hydrogen-bond donors (Lipinski definition) is 1. The summed E-state index contributed by atoms with van der Waals surface area (Å²) in [7, 11) is 2.13. The van der Waals surface area contributed by atoms with Crippen molar-refractivity contribution < 1.29 is 19.1 Å². The highest BCUT2D eigenvalue weighted by Crippen LogP contribution is 2.46. The molecule has 2 fully saturated rings. The highest BCUT2D eigenvalue weighted by Gasteiger charge is 2.48. The van der Waals surface area contributed by atoms with Crippen LogP contribution >= 0.6 is 0 Å². The molecule has 10 nitrogen and oxygen atoms in total. The van der Waals surface area contributed by atoms with Gasteiger partial charge in [0, 0.05) is 38.1 Å². The summed E-state index contributed by atoms with van der Waals surface area (Å²) >= 11 is 0. The van der Waals surface area contributed by atoms with E-state index in [4.69, 9.17) is 19.4 Å². The number of carbonyl (C=O) groups excluding carboxylic acids is 2. The lowest BCUT2D eigenvalue weighted by molar-refractivity contribution is -0.122. The summed E-state index contributed by atoms with van der Waals surface area (Å²) in [5, 5.41) is 3.27. The number of ether oxygens (including phenoxy) is 2. The molecule has 0 bridgehead atoms. The van der Waals surface area contributed by atoms with E-state index < -0.39 is 11.0 Å². The van der Waals surface area contributed by atoms with Crippen molar-refractivity contribution in [3.63, 3.8) is 0 Å². The lowest BCUT2D eigenvalue weighted by Gasteiger charge is -2.44. The fourth-order valence-electron chi connectivity index (χ4n) is 7.06. The zero-order valence-corrected chi connectivity index (χ0v) is 25.6. The molecule has 4 aliphatic rings. The molecule has 10 heteroatoms. The van der Waals surface area contributed by atoms with Gasteiger partial charge in [-0.2, -0.15) is 9.97 Å². The van der Waals surface area contributed by atoms with Crippen molar-refractivity contribution in [1.29, 1.82) is 0 Å². The number of benzene rings is 1. The van der Waals surface area contributed by atoms with Gasteiger partial charge in [0.25, 0.3) is 0 Å². The molecule has 6 rings (SSSR count). The van der Waals surface area contributed by atoms with E-state index in [1.165, 1.54) is 5.56 Å². The lowest BCUT2D eigenvalue weighted by atomic mass is 9.65. The topological polar surface area (TPSA) is 100 Å². The monoisotopic (exact) mass is 576 g/mol. The van der Waals surface area contributed by atoms with Crippen molar-refractivity contribution in [2.24, 2.45) is 0 Å². The van der Waals surface area contributed by atoms with E-state index >= 15 is 0 Å². The summed E-state index contributed by atoms with van der Waals surface area (Å²) in [6, 6.07) is 8.95. The summed E-state index contributed by atoms with van der Waals surface area (Å²) in [4.78, 5) is 42.9. The first-order chi connectivity index (χ1) is 20.0. The third kappa shape index (κ3) is 5.41. The molecule has 1 spiro atoms. The van der Waals surface area contributed by atoms with E-state index in [0.29, 0.717) is 56.2 Å². The molecule has 0 saturated carbocycles. The Bertz CT molecular complexity index is 1360. The van der Waals surface area contributed by atoms with Crippen LogP contribution in [-0.2, 0) is 27.8 Å². The molecule has 4 heterocycles. The highest BCUT2D eigenvalue weighted by molar-refractivity contribution is 6.04. The zero-order chi connectivity index (χ0) is 29.6. The Balaban J connectivity index is 1.33. The highest BCUT2D eigenvalue weighted by atomic mass is 16.6. The first kappa shape index (κ1) is 28.7. The quantitative estimate of drug-likeness (QED) is 0.579. The van der Waals surface area contributed by atoms with Crippen molar-refractivity contribution in [3.05, 3.63) is 41.1 Å². The summed E-state index contributed by atoms with van der Waals surface area (Å²) in [5.74, 6) is 0.673. The Kier molecular flexibility index (Phi) is 7.53. The van der Waals surface area contributed by atoms with E-state index in [-0.39, 0.29) is 18.0 Å². The van der Waals surface area contributed by atoms with Crippen LogP contribution in [0.25, 0.3) is 0 Å². The van der Waals surface area contributed by atoms with Crippen LogP contribution in [0.2, 0.25) is 0 Å². The first-order valence-corrected chi connectivity index (χ1v) is 15.4. The number of aryl methyl sites for hydroxylation is 1. The van der Waals surface area contributed by atoms with Gasteiger partial charge in [0.1, 0.15) is 17.9 Å². The number of fused-ring (bicyclic) bond motifs is 3. The van der Waals surface area contributed by atoms with Crippen LogP contribution in [0.5, 0.6) is 6.01 Å². The van der Waals surface area contributed by atoms with Crippen LogP contribution in [0.3, 0.4) is 0 Å². The largest absolute Gasteiger partial charge is 0.462 e. The molecule has 1 aliphatic carbocycles. The number of likely N-dealkylation sites (N-methyl/N-ethyl adjacent to an activating group) is 1. The minimum Gasteiger partial charge on any atom is -0.462 e. The van der Waals surface area contributed by atoms with Crippen LogP contribution in [0.1, 0.15) is 70.2 Å². The van der Waals surface area contributed by atoms with Crippen LogP contribution < -0.4 is 15.0 Å². The van der Waals surface area contributed by atoms with Crippen molar-refractivity contribution in [3.8, 4) is 6.01 Å². The van der Waals surface area contributed by atoms with E-state index in [1.807, 2.05) is 26.8 Å². The van der Waals surface area contributed by atoms with E-state index in [2.05, 4.69) is 47.3 Å². The van der Waals surface area contributed by atoms with Crippen LogP contribution in [0.4, 0.5) is 16.3 Å². The van der Waals surface area contributed by atoms with Crippen LogP contribution in [0.15, 0.2) is 24.3 Å². The minimum atomic E-state index is -0.655. The van der Waals surface area contributed by atoms with E-state index in [0.717, 1.165) is 49.9 Å². The number of rotatable bonds is 4. The second kappa shape index (κ2) is 11.0. The lowest BCUT2D eigenvalue weighted by Crippen LogP contribution is -2.55. The van der Waals surface area contributed by atoms with E-state index in [1.54, 1.807) is 4.90 Å². The standard InChI is InChI=1S/C32H44N6O4/c1-21-19-37(30(40)42-31(2,3)4)16-17-38(21)27-26-25(33-29(35-27)41-20-23-12-9-15-36(23)5)18-32(28(39)34-26)14-8-11-22-10-6-7-13-24(22)32/h6-7,10,13,21,23H,8-9,11-12,14-20H2,1-5H3,(H,34,39)/t21-,23-,32?/m0/s1. The van der Waals surface area contributed by atoms with Gasteiger partial charge in [0.15, 0.2) is 5.82 Å². The number of likely N-dealkylation sites (tertiary alicyclic amines) is 1. The average Bonchev–Trinajstić information content (AvgIpc) is 3.36. The average molecular weight is 577 g/mol. The molecule has 2 saturated heterocycles. The van der Waals surface area contributed by atoms with Gasteiger partial charge in [-0.05, 0) is 84.5 Å². The van der Waals surface area contributed by atoms with Crippen molar-refractivity contribution in [2.75, 3.05) is 50.1 Å². The van der Waals surface area contributed by atoms with E-state index in [9.17, 15) is 9.59 Å². The molecule has 0 radical (unpaired) electrons. The molecule has 42 heavy (non-hydrogen) atoms. The van der Waals surface area contributed by atoms with Gasteiger partial charge in [-0.3, -0.25) is 4.79 Å². The Morgan fingerprint density at radius 1 is 1.14 bits per heavy atom. The second-order valence-electron chi connectivity index (χ2n) is 13.4.